The van der Waals surface area contributed by atoms with Crippen molar-refractivity contribution in [1.29, 1.82) is 0 Å². The van der Waals surface area contributed by atoms with Crippen LogP contribution in [0.5, 0.6) is 11.5 Å². The normalized spacial score (nSPS) is 11.5. The number of carbonyl (C=O) groups excluding carboxylic acids is 2. The van der Waals surface area contributed by atoms with Gasteiger partial charge in [0, 0.05) is 34.4 Å². The summed E-state index contributed by atoms with van der Waals surface area (Å²) in [5.74, 6) is 1.83. The Morgan fingerprint density at radius 2 is 0.654 bits per heavy atom. The lowest BCUT2D eigenvalue weighted by Crippen LogP contribution is -2.10. The second-order valence-electron chi connectivity index (χ2n) is 15.1. The van der Waals surface area contributed by atoms with E-state index in [0.717, 1.165) is 84.8 Å². The minimum Gasteiger partial charge on any atom is -0.492 e. The maximum atomic E-state index is 11.6. The summed E-state index contributed by atoms with van der Waals surface area (Å²) >= 11 is 0. The van der Waals surface area contributed by atoms with Gasteiger partial charge in [-0.05, 0) is 53.4 Å². The quantitative estimate of drug-likeness (QED) is 0.0388. The van der Waals surface area contributed by atoms with Crippen molar-refractivity contribution in [3.63, 3.8) is 0 Å². The van der Waals surface area contributed by atoms with Gasteiger partial charge in [0.15, 0.2) is 0 Å². The molecule has 3 rings (SSSR count). The fourth-order valence-corrected chi connectivity index (χ4v) is 6.92. The number of benzene rings is 3. The number of rotatable bonds is 30. The van der Waals surface area contributed by atoms with Crippen LogP contribution in [0.3, 0.4) is 0 Å². The third kappa shape index (κ3) is 17.5. The Kier molecular flexibility index (Phi) is 22.0. The predicted molar refractivity (Wildman–Crippen MR) is 216 cm³/mol. The molecule has 0 N–H and O–H groups in total. The summed E-state index contributed by atoms with van der Waals surface area (Å²) in [7, 11) is 0. The van der Waals surface area contributed by atoms with E-state index in [1.807, 2.05) is 27.7 Å². The maximum Gasteiger partial charge on any atom is 0.306 e. The first-order valence-electron chi connectivity index (χ1n) is 20.9. The van der Waals surface area contributed by atoms with Crippen molar-refractivity contribution in [2.24, 2.45) is 0 Å². The van der Waals surface area contributed by atoms with Crippen LogP contribution in [0.2, 0.25) is 0 Å². The molecule has 0 fully saturated rings. The molecule has 3 aromatic rings. The van der Waals surface area contributed by atoms with Gasteiger partial charge in [-0.3, -0.25) is 9.59 Å². The van der Waals surface area contributed by atoms with E-state index in [-0.39, 0.29) is 24.1 Å². The molecule has 0 unspecified atom stereocenters. The van der Waals surface area contributed by atoms with E-state index in [2.05, 4.69) is 48.5 Å². The molecule has 6 heteroatoms. The highest BCUT2D eigenvalue weighted by Crippen LogP contribution is 2.42. The summed E-state index contributed by atoms with van der Waals surface area (Å²) in [4.78, 5) is 23.3. The molecule has 0 amide bonds. The minimum atomic E-state index is -0.0608. The van der Waals surface area contributed by atoms with Crippen molar-refractivity contribution >= 4 is 33.5 Å². The second kappa shape index (κ2) is 26.5. The lowest BCUT2D eigenvalue weighted by molar-refractivity contribution is -0.148. The topological polar surface area (TPSA) is 71.1 Å². The van der Waals surface area contributed by atoms with Gasteiger partial charge in [0.2, 0.25) is 0 Å². The van der Waals surface area contributed by atoms with E-state index in [1.165, 1.54) is 89.9 Å². The third-order valence-corrected chi connectivity index (χ3v) is 9.61. The smallest absolute Gasteiger partial charge is 0.306 e. The van der Waals surface area contributed by atoms with Gasteiger partial charge < -0.3 is 18.9 Å². The lowest BCUT2D eigenvalue weighted by Gasteiger charge is -2.18. The number of fused-ring (bicyclic) bond motifs is 2. The molecule has 0 saturated heterocycles. The molecule has 0 aromatic heterocycles. The molecule has 6 nitrogen and oxygen atoms in total. The number of carbonyl (C=O) groups is 2. The minimum absolute atomic E-state index is 0.0125. The van der Waals surface area contributed by atoms with E-state index in [1.54, 1.807) is 0 Å². The van der Waals surface area contributed by atoms with Crippen molar-refractivity contribution in [3.8, 4) is 11.5 Å². The Labute approximate surface area is 315 Å². The van der Waals surface area contributed by atoms with Gasteiger partial charge in [0.25, 0.3) is 0 Å². The molecule has 0 atom stereocenters. The monoisotopic (exact) mass is 719 g/mol. The summed E-state index contributed by atoms with van der Waals surface area (Å²) < 4.78 is 23.5. The highest BCUT2D eigenvalue weighted by molar-refractivity contribution is 6.11. The number of unbranched alkanes of at least 4 members (excludes halogenated alkanes) is 18. The first-order chi connectivity index (χ1) is 25.4. The SMILES string of the molecule is CC(C)OC(=O)CCCCCCCCCCCCOc1c2ccccc2c(OCCCCCCCCCCCCC(=O)OC(C)C)c2ccccc12. The maximum absolute atomic E-state index is 11.6. The van der Waals surface area contributed by atoms with Crippen LogP contribution in [0.1, 0.15) is 169 Å². The molecule has 0 radical (unpaired) electrons. The lowest BCUT2D eigenvalue weighted by atomic mass is 10.0. The number of hydrogen-bond acceptors (Lipinski definition) is 6. The van der Waals surface area contributed by atoms with Crippen molar-refractivity contribution in [2.75, 3.05) is 13.2 Å². The molecule has 3 aromatic carbocycles. The highest BCUT2D eigenvalue weighted by Gasteiger charge is 2.16. The van der Waals surface area contributed by atoms with Crippen LogP contribution in [0.4, 0.5) is 0 Å². The molecule has 0 aliphatic heterocycles. The van der Waals surface area contributed by atoms with Gasteiger partial charge in [0.1, 0.15) is 11.5 Å². The molecule has 290 valence electrons. The van der Waals surface area contributed by atoms with E-state index in [9.17, 15) is 9.59 Å². The zero-order chi connectivity index (χ0) is 37.2. The van der Waals surface area contributed by atoms with Crippen molar-refractivity contribution < 1.29 is 28.5 Å². The van der Waals surface area contributed by atoms with Crippen LogP contribution in [-0.2, 0) is 19.1 Å². The molecule has 52 heavy (non-hydrogen) atoms. The van der Waals surface area contributed by atoms with E-state index >= 15 is 0 Å². The Morgan fingerprint density at radius 1 is 0.404 bits per heavy atom. The van der Waals surface area contributed by atoms with Crippen molar-refractivity contribution in [3.05, 3.63) is 48.5 Å². The Morgan fingerprint density at radius 3 is 0.923 bits per heavy atom. The van der Waals surface area contributed by atoms with E-state index in [0.29, 0.717) is 12.8 Å². The summed E-state index contributed by atoms with van der Waals surface area (Å²) in [6, 6.07) is 17.1. The van der Waals surface area contributed by atoms with Crippen molar-refractivity contribution in [1.82, 2.24) is 0 Å². The molecule has 0 aliphatic carbocycles. The summed E-state index contributed by atoms with van der Waals surface area (Å²) in [5, 5.41) is 4.51. The molecular weight excluding hydrogens is 649 g/mol. The van der Waals surface area contributed by atoms with E-state index in [4.69, 9.17) is 18.9 Å². The molecule has 0 bridgehead atoms. The zero-order valence-corrected chi connectivity index (χ0v) is 33.2. The molecule has 0 aliphatic rings. The number of ether oxygens (including phenoxy) is 4. The van der Waals surface area contributed by atoms with Gasteiger partial charge in [-0.15, -0.1) is 0 Å². The van der Waals surface area contributed by atoms with Gasteiger partial charge in [0.05, 0.1) is 25.4 Å². The summed E-state index contributed by atoms with van der Waals surface area (Å²) in [6.45, 7) is 9.06. The first-order valence-corrected chi connectivity index (χ1v) is 20.9. The summed E-state index contributed by atoms with van der Waals surface area (Å²) in [5.41, 5.74) is 0. The number of hydrogen-bond donors (Lipinski definition) is 0. The van der Waals surface area contributed by atoms with Gasteiger partial charge >= 0.3 is 11.9 Å². The average molecular weight is 719 g/mol. The fraction of sp³-hybridized carbons (Fsp3) is 0.652. The Balaban J connectivity index is 1.30. The molecule has 0 heterocycles. The van der Waals surface area contributed by atoms with Crippen molar-refractivity contribution in [2.45, 2.75) is 181 Å². The highest BCUT2D eigenvalue weighted by atomic mass is 16.5. The van der Waals surface area contributed by atoms with Gasteiger partial charge in [-0.25, -0.2) is 0 Å². The first kappa shape index (κ1) is 43.1. The average Bonchev–Trinajstić information content (AvgIpc) is 3.12. The van der Waals surface area contributed by atoms with Crippen LogP contribution < -0.4 is 9.47 Å². The Hall–Kier alpha value is -3.28. The fourth-order valence-electron chi connectivity index (χ4n) is 6.92. The zero-order valence-electron chi connectivity index (χ0n) is 33.2. The third-order valence-electron chi connectivity index (χ3n) is 9.61. The Bertz CT molecular complexity index is 1250. The summed E-state index contributed by atoms with van der Waals surface area (Å²) in [6.07, 6.45) is 24.8. The molecular formula is C46H70O6. The van der Waals surface area contributed by atoms with Crippen LogP contribution >= 0.6 is 0 Å². The van der Waals surface area contributed by atoms with Crippen LogP contribution in [-0.4, -0.2) is 37.4 Å². The number of esters is 2. The van der Waals surface area contributed by atoms with Gasteiger partial charge in [-0.1, -0.05) is 151 Å². The van der Waals surface area contributed by atoms with E-state index < -0.39 is 0 Å². The predicted octanol–water partition coefficient (Wildman–Crippen LogP) is 13.2. The largest absolute Gasteiger partial charge is 0.492 e. The molecule has 0 saturated carbocycles. The molecule has 0 spiro atoms. The van der Waals surface area contributed by atoms with Crippen LogP contribution in [0.15, 0.2) is 48.5 Å². The van der Waals surface area contributed by atoms with Crippen LogP contribution in [0.25, 0.3) is 21.5 Å². The second-order valence-corrected chi connectivity index (χ2v) is 15.1. The van der Waals surface area contributed by atoms with Gasteiger partial charge in [-0.2, -0.15) is 0 Å². The van der Waals surface area contributed by atoms with Crippen LogP contribution in [0, 0.1) is 0 Å². The standard InChI is InChI=1S/C46H70O6/c1-37(2)51-43(47)33-21-17-13-9-5-7-11-15-19-27-35-49-45-39-29-23-25-31-41(39)46(42-32-26-24-30-40(42)45)50-36-28-20-16-12-8-6-10-14-18-22-34-44(48)52-38(3)4/h23-26,29-32,37-38H,5-22,27-28,33-36H2,1-4H3.